The molecular formula is C27H27F3N8O2. The summed E-state index contributed by atoms with van der Waals surface area (Å²) in [6.45, 7) is 7.51. The molecule has 0 unspecified atom stereocenters. The average molecular weight is 553 g/mol. The Morgan fingerprint density at radius 2 is 1.60 bits per heavy atom. The molecule has 0 radical (unpaired) electrons. The fourth-order valence-electron chi connectivity index (χ4n) is 4.43. The molecule has 0 spiro atoms. The van der Waals surface area contributed by atoms with Crippen LogP contribution < -0.4 is 20.4 Å². The van der Waals surface area contributed by atoms with E-state index in [1.807, 2.05) is 41.8 Å². The SMILES string of the molecule is Cc1nc(Nc2ncc(C(=O)Nc3c(C)cccc3C)o2)nc(N2CCN(c3cccc(C(F)(F)F)c3)CC2)n1. The summed E-state index contributed by atoms with van der Waals surface area (Å²) in [4.78, 5) is 33.8. The molecule has 0 saturated carbocycles. The van der Waals surface area contributed by atoms with E-state index in [1.54, 1.807) is 13.0 Å². The number of rotatable bonds is 6. The first-order valence-corrected chi connectivity index (χ1v) is 12.6. The number of nitrogens with one attached hydrogen (secondary N) is 2. The van der Waals surface area contributed by atoms with Gasteiger partial charge < -0.3 is 19.5 Å². The largest absolute Gasteiger partial charge is 0.418 e. The number of para-hydroxylation sites is 1. The standard InChI is InChI=1S/C27H27F3N8O2/c1-16-6-4-7-17(2)22(16)34-23(39)21-15-31-26(40-21)36-24-32-18(3)33-25(35-24)38-12-10-37(11-13-38)20-9-5-8-19(14-20)27(28,29)30/h4-9,14-15H,10-13H2,1-3H3,(H,34,39)(H,31,32,33,35,36). The van der Waals surface area contributed by atoms with E-state index in [-0.39, 0.29) is 17.7 Å². The van der Waals surface area contributed by atoms with Crippen molar-refractivity contribution in [2.24, 2.45) is 0 Å². The van der Waals surface area contributed by atoms with Gasteiger partial charge in [-0.1, -0.05) is 24.3 Å². The predicted molar refractivity (Wildman–Crippen MR) is 144 cm³/mol. The molecule has 2 aromatic carbocycles. The summed E-state index contributed by atoms with van der Waals surface area (Å²) in [7, 11) is 0. The Morgan fingerprint density at radius 1 is 0.925 bits per heavy atom. The maximum absolute atomic E-state index is 13.1. The van der Waals surface area contributed by atoms with Gasteiger partial charge in [0.15, 0.2) is 0 Å². The van der Waals surface area contributed by atoms with Crippen LogP contribution in [0.15, 0.2) is 53.1 Å². The number of amides is 1. The number of carbonyl (C=O) groups is 1. The molecule has 4 aromatic rings. The molecule has 1 amide bonds. The summed E-state index contributed by atoms with van der Waals surface area (Å²) in [6.07, 6.45) is -3.08. The van der Waals surface area contributed by atoms with E-state index < -0.39 is 17.6 Å². The molecule has 2 aromatic heterocycles. The Balaban J connectivity index is 1.24. The number of hydrogen-bond donors (Lipinski definition) is 2. The lowest BCUT2D eigenvalue weighted by atomic mass is 10.1. The Morgan fingerprint density at radius 3 is 2.30 bits per heavy atom. The van der Waals surface area contributed by atoms with Crippen molar-refractivity contribution < 1.29 is 22.4 Å². The molecule has 1 aliphatic rings. The smallest absolute Gasteiger partial charge is 0.416 e. The van der Waals surface area contributed by atoms with E-state index in [2.05, 4.69) is 30.6 Å². The molecule has 1 fully saturated rings. The summed E-state index contributed by atoms with van der Waals surface area (Å²) < 4.78 is 45.0. The van der Waals surface area contributed by atoms with Gasteiger partial charge in [-0.05, 0) is 50.1 Å². The van der Waals surface area contributed by atoms with E-state index in [0.29, 0.717) is 49.3 Å². The van der Waals surface area contributed by atoms with Crippen molar-refractivity contribution in [2.45, 2.75) is 26.9 Å². The van der Waals surface area contributed by atoms with Gasteiger partial charge in [-0.3, -0.25) is 10.1 Å². The second-order valence-electron chi connectivity index (χ2n) is 9.40. The van der Waals surface area contributed by atoms with Crippen LogP contribution in [-0.2, 0) is 6.18 Å². The van der Waals surface area contributed by atoms with Crippen molar-refractivity contribution in [3.8, 4) is 0 Å². The highest BCUT2D eigenvalue weighted by Gasteiger charge is 2.31. The fraction of sp³-hybridized carbons (Fsp3) is 0.296. The third-order valence-electron chi connectivity index (χ3n) is 6.50. The quantitative estimate of drug-likeness (QED) is 0.336. The number of nitrogens with zero attached hydrogens (tertiary/aromatic N) is 6. The fourth-order valence-corrected chi connectivity index (χ4v) is 4.43. The number of hydrogen-bond acceptors (Lipinski definition) is 9. The number of carbonyl (C=O) groups excluding carboxylic acids is 1. The number of halogens is 3. The molecule has 0 bridgehead atoms. The first-order valence-electron chi connectivity index (χ1n) is 12.6. The van der Waals surface area contributed by atoms with Crippen LogP contribution in [-0.4, -0.2) is 52.0 Å². The second kappa shape index (κ2) is 10.8. The van der Waals surface area contributed by atoms with Crippen molar-refractivity contribution in [2.75, 3.05) is 46.6 Å². The molecule has 0 atom stereocenters. The summed E-state index contributed by atoms with van der Waals surface area (Å²) in [5.74, 6) is 0.628. The number of aryl methyl sites for hydroxylation is 3. The Labute approximate surface area is 228 Å². The van der Waals surface area contributed by atoms with Crippen LogP contribution in [0.4, 0.5) is 42.5 Å². The van der Waals surface area contributed by atoms with Crippen molar-refractivity contribution >= 4 is 35.2 Å². The molecule has 208 valence electrons. The van der Waals surface area contributed by atoms with Gasteiger partial charge in [0.05, 0.1) is 11.8 Å². The van der Waals surface area contributed by atoms with Gasteiger partial charge in [-0.2, -0.15) is 28.1 Å². The van der Waals surface area contributed by atoms with Crippen molar-refractivity contribution in [1.29, 1.82) is 0 Å². The van der Waals surface area contributed by atoms with Crippen LogP contribution in [0.2, 0.25) is 0 Å². The second-order valence-corrected chi connectivity index (χ2v) is 9.40. The van der Waals surface area contributed by atoms with Crippen LogP contribution in [0.5, 0.6) is 0 Å². The van der Waals surface area contributed by atoms with E-state index in [0.717, 1.165) is 23.3 Å². The number of alkyl halides is 3. The predicted octanol–water partition coefficient (Wildman–Crippen LogP) is 5.13. The molecule has 40 heavy (non-hydrogen) atoms. The molecule has 0 aliphatic carbocycles. The number of aromatic nitrogens is 4. The maximum atomic E-state index is 13.1. The van der Waals surface area contributed by atoms with E-state index in [4.69, 9.17) is 4.42 Å². The normalized spacial score (nSPS) is 13.8. The van der Waals surface area contributed by atoms with E-state index >= 15 is 0 Å². The topological polar surface area (TPSA) is 112 Å². The highest BCUT2D eigenvalue weighted by atomic mass is 19.4. The first kappa shape index (κ1) is 26.9. The van der Waals surface area contributed by atoms with Gasteiger partial charge in [0.2, 0.25) is 17.7 Å². The molecule has 1 saturated heterocycles. The minimum Gasteiger partial charge on any atom is -0.418 e. The number of anilines is 5. The third-order valence-corrected chi connectivity index (χ3v) is 6.50. The zero-order valence-electron chi connectivity index (χ0n) is 22.1. The maximum Gasteiger partial charge on any atom is 0.416 e. The number of benzene rings is 2. The van der Waals surface area contributed by atoms with Crippen LogP contribution in [0, 0.1) is 20.8 Å². The molecule has 13 heteroatoms. The highest BCUT2D eigenvalue weighted by Crippen LogP contribution is 2.32. The summed E-state index contributed by atoms with van der Waals surface area (Å²) >= 11 is 0. The molecule has 3 heterocycles. The summed E-state index contributed by atoms with van der Waals surface area (Å²) in [6, 6.07) is 11.1. The number of oxazole rings is 1. The van der Waals surface area contributed by atoms with Crippen molar-refractivity contribution in [3.05, 3.63) is 76.9 Å². The molecular weight excluding hydrogens is 525 g/mol. The average Bonchev–Trinajstić information content (AvgIpc) is 3.39. The van der Waals surface area contributed by atoms with Crippen molar-refractivity contribution in [1.82, 2.24) is 19.9 Å². The van der Waals surface area contributed by atoms with E-state index in [1.165, 1.54) is 12.3 Å². The zero-order valence-corrected chi connectivity index (χ0v) is 22.1. The monoisotopic (exact) mass is 552 g/mol. The number of piperazine rings is 1. The van der Waals surface area contributed by atoms with Gasteiger partial charge in [0.25, 0.3) is 5.91 Å². The lowest BCUT2D eigenvalue weighted by Crippen LogP contribution is -2.47. The summed E-state index contributed by atoms with van der Waals surface area (Å²) in [5, 5.41) is 5.73. The minimum absolute atomic E-state index is 0.0156. The van der Waals surface area contributed by atoms with Gasteiger partial charge in [-0.15, -0.1) is 0 Å². The Bertz CT molecular complexity index is 1510. The molecule has 5 rings (SSSR count). The zero-order chi connectivity index (χ0) is 28.4. The molecule has 2 N–H and O–H groups in total. The first-order chi connectivity index (χ1) is 19.1. The van der Waals surface area contributed by atoms with E-state index in [9.17, 15) is 18.0 Å². The van der Waals surface area contributed by atoms with Crippen molar-refractivity contribution in [3.63, 3.8) is 0 Å². The Hall–Kier alpha value is -4.68. The minimum atomic E-state index is -4.39. The van der Waals surface area contributed by atoms with Crippen LogP contribution >= 0.6 is 0 Å². The lowest BCUT2D eigenvalue weighted by Gasteiger charge is -2.36. The molecule has 1 aliphatic heterocycles. The van der Waals surface area contributed by atoms with Gasteiger partial charge in [0, 0.05) is 37.6 Å². The van der Waals surface area contributed by atoms with Crippen LogP contribution in [0.3, 0.4) is 0 Å². The van der Waals surface area contributed by atoms with Gasteiger partial charge >= 0.3 is 12.2 Å². The van der Waals surface area contributed by atoms with Gasteiger partial charge in [-0.25, -0.2) is 4.98 Å². The highest BCUT2D eigenvalue weighted by molar-refractivity contribution is 6.03. The Kier molecular flexibility index (Phi) is 7.28. The van der Waals surface area contributed by atoms with Crippen LogP contribution in [0.25, 0.3) is 0 Å². The van der Waals surface area contributed by atoms with Gasteiger partial charge in [0.1, 0.15) is 5.82 Å². The lowest BCUT2D eigenvalue weighted by molar-refractivity contribution is -0.137. The summed E-state index contributed by atoms with van der Waals surface area (Å²) in [5.41, 5.74) is 2.41. The molecule has 10 nitrogen and oxygen atoms in total. The third kappa shape index (κ3) is 5.98. The van der Waals surface area contributed by atoms with Crippen LogP contribution in [0.1, 0.15) is 33.1 Å².